The van der Waals surface area contributed by atoms with Crippen LogP contribution in [0.5, 0.6) is 0 Å². The molecule has 0 rings (SSSR count). The summed E-state index contributed by atoms with van der Waals surface area (Å²) in [6.07, 6.45) is 1.17. The molecule has 0 aromatic carbocycles. The number of rotatable bonds is 8. The molecule has 0 aliphatic carbocycles. The van der Waals surface area contributed by atoms with Gasteiger partial charge in [-0.2, -0.15) is 0 Å². The van der Waals surface area contributed by atoms with Gasteiger partial charge in [-0.25, -0.2) is 18.4 Å². The quantitative estimate of drug-likeness (QED) is 0.455. The molecule has 0 saturated heterocycles. The third-order valence-electron chi connectivity index (χ3n) is 2.17. The zero-order valence-electron chi connectivity index (χ0n) is 10.2. The third kappa shape index (κ3) is 8.76. The van der Waals surface area contributed by atoms with Gasteiger partial charge in [0.2, 0.25) is 10.0 Å². The molecule has 0 aliphatic heterocycles. The summed E-state index contributed by atoms with van der Waals surface area (Å²) >= 11 is 0. The van der Waals surface area contributed by atoms with Crippen LogP contribution in [-0.2, 0) is 14.8 Å². The van der Waals surface area contributed by atoms with Gasteiger partial charge >= 0.3 is 12.0 Å². The molecule has 0 aliphatic rings. The standard InChI is InChI=1S/C9H19N3O5S/c1-2-3-7(8(13)14)6-12-9(15)11-4-5-18(10,16)17/h7H,2-6H2,1H3,(H,13,14)(H2,10,16,17)(H2,11,12,15). The number of carboxylic acid groups (broad SMARTS) is 1. The summed E-state index contributed by atoms with van der Waals surface area (Å²) in [5.41, 5.74) is 0. The van der Waals surface area contributed by atoms with Crippen LogP contribution < -0.4 is 15.8 Å². The maximum Gasteiger partial charge on any atom is 0.314 e. The molecule has 0 aromatic rings. The Hall–Kier alpha value is -1.35. The number of nitrogens with two attached hydrogens (primary N) is 1. The monoisotopic (exact) mass is 281 g/mol. The Labute approximate surface area is 106 Å². The van der Waals surface area contributed by atoms with Gasteiger partial charge in [-0.3, -0.25) is 4.79 Å². The summed E-state index contributed by atoms with van der Waals surface area (Å²) in [5.74, 6) is -1.97. The Kier molecular flexibility index (Phi) is 7.29. The molecule has 0 aromatic heterocycles. The van der Waals surface area contributed by atoms with Gasteiger partial charge in [-0.15, -0.1) is 0 Å². The number of amides is 2. The number of urea groups is 1. The first-order chi connectivity index (χ1) is 8.26. The molecule has 8 nitrogen and oxygen atoms in total. The lowest BCUT2D eigenvalue weighted by atomic mass is 10.0. The van der Waals surface area contributed by atoms with E-state index in [1.54, 1.807) is 0 Å². The molecule has 106 valence electrons. The van der Waals surface area contributed by atoms with Crippen LogP contribution >= 0.6 is 0 Å². The Morgan fingerprint density at radius 3 is 2.39 bits per heavy atom. The van der Waals surface area contributed by atoms with Crippen LogP contribution in [-0.4, -0.2) is 44.4 Å². The van der Waals surface area contributed by atoms with E-state index in [1.807, 2.05) is 6.92 Å². The highest BCUT2D eigenvalue weighted by Gasteiger charge is 2.17. The van der Waals surface area contributed by atoms with Crippen molar-refractivity contribution in [2.75, 3.05) is 18.8 Å². The van der Waals surface area contributed by atoms with Gasteiger partial charge in [-0.1, -0.05) is 13.3 Å². The van der Waals surface area contributed by atoms with E-state index >= 15 is 0 Å². The van der Waals surface area contributed by atoms with Crippen LogP contribution in [0.3, 0.4) is 0 Å². The second-order valence-corrected chi connectivity index (χ2v) is 5.56. The van der Waals surface area contributed by atoms with Crippen molar-refractivity contribution in [3.05, 3.63) is 0 Å². The van der Waals surface area contributed by atoms with Crippen LogP contribution in [0.2, 0.25) is 0 Å². The largest absolute Gasteiger partial charge is 0.481 e. The molecule has 0 saturated carbocycles. The molecule has 1 unspecified atom stereocenters. The van der Waals surface area contributed by atoms with Crippen molar-refractivity contribution < 1.29 is 23.1 Å². The van der Waals surface area contributed by atoms with Gasteiger partial charge in [0.25, 0.3) is 0 Å². The first-order valence-corrected chi connectivity index (χ1v) is 7.22. The summed E-state index contributed by atoms with van der Waals surface area (Å²) in [4.78, 5) is 22.0. The summed E-state index contributed by atoms with van der Waals surface area (Å²) in [6.45, 7) is 1.74. The van der Waals surface area contributed by atoms with Gasteiger partial charge in [0, 0.05) is 13.1 Å². The molecule has 0 heterocycles. The minimum absolute atomic E-state index is 0.00435. The molecular formula is C9H19N3O5S. The van der Waals surface area contributed by atoms with Crippen molar-refractivity contribution >= 4 is 22.0 Å². The Balaban J connectivity index is 3.91. The molecule has 2 amide bonds. The van der Waals surface area contributed by atoms with Gasteiger partial charge in [-0.05, 0) is 6.42 Å². The predicted molar refractivity (Wildman–Crippen MR) is 65.4 cm³/mol. The van der Waals surface area contributed by atoms with E-state index in [2.05, 4.69) is 10.6 Å². The normalized spacial score (nSPS) is 12.8. The summed E-state index contributed by atoms with van der Waals surface area (Å²) in [5, 5.41) is 18.2. The van der Waals surface area contributed by atoms with Crippen molar-refractivity contribution in [2.45, 2.75) is 19.8 Å². The zero-order chi connectivity index (χ0) is 14.2. The molecular weight excluding hydrogens is 262 g/mol. The van der Waals surface area contributed by atoms with E-state index in [0.717, 1.165) is 0 Å². The van der Waals surface area contributed by atoms with Crippen molar-refractivity contribution in [1.29, 1.82) is 0 Å². The number of primary sulfonamides is 1. The highest BCUT2D eigenvalue weighted by Crippen LogP contribution is 2.04. The van der Waals surface area contributed by atoms with E-state index in [-0.39, 0.29) is 18.8 Å². The first-order valence-electron chi connectivity index (χ1n) is 5.51. The van der Waals surface area contributed by atoms with E-state index in [1.165, 1.54) is 0 Å². The number of carbonyl (C=O) groups is 2. The number of carbonyl (C=O) groups excluding carboxylic acids is 1. The number of nitrogens with one attached hydrogen (secondary N) is 2. The first kappa shape index (κ1) is 16.6. The molecule has 1 atom stereocenters. The fourth-order valence-corrected chi connectivity index (χ4v) is 1.63. The Morgan fingerprint density at radius 1 is 1.33 bits per heavy atom. The van der Waals surface area contributed by atoms with Crippen LogP contribution in [0, 0.1) is 5.92 Å². The van der Waals surface area contributed by atoms with E-state index < -0.39 is 27.9 Å². The number of hydrogen-bond acceptors (Lipinski definition) is 4. The average Bonchev–Trinajstić information content (AvgIpc) is 2.21. The van der Waals surface area contributed by atoms with Crippen molar-refractivity contribution in [1.82, 2.24) is 10.6 Å². The van der Waals surface area contributed by atoms with Crippen molar-refractivity contribution in [3.8, 4) is 0 Å². The molecule has 0 fully saturated rings. The Bertz CT molecular complexity index is 382. The molecule has 0 bridgehead atoms. The summed E-state index contributed by atoms with van der Waals surface area (Å²) < 4.78 is 21.2. The van der Waals surface area contributed by atoms with Gasteiger partial charge < -0.3 is 15.7 Å². The lowest BCUT2D eigenvalue weighted by molar-refractivity contribution is -0.141. The number of hydrogen-bond donors (Lipinski definition) is 4. The van der Waals surface area contributed by atoms with Gasteiger partial charge in [0.05, 0.1) is 11.7 Å². The van der Waals surface area contributed by atoms with Gasteiger partial charge in [0.1, 0.15) is 0 Å². The highest BCUT2D eigenvalue weighted by molar-refractivity contribution is 7.89. The molecule has 0 spiro atoms. The maximum atomic E-state index is 11.2. The molecule has 0 radical (unpaired) electrons. The minimum Gasteiger partial charge on any atom is -0.481 e. The average molecular weight is 281 g/mol. The lowest BCUT2D eigenvalue weighted by Crippen LogP contribution is -2.42. The topological polar surface area (TPSA) is 139 Å². The molecule has 9 heteroatoms. The fourth-order valence-electron chi connectivity index (χ4n) is 1.25. The SMILES string of the molecule is CCCC(CNC(=O)NCCS(N)(=O)=O)C(=O)O. The molecule has 5 N–H and O–H groups in total. The number of carboxylic acids is 1. The van der Waals surface area contributed by atoms with Crippen molar-refractivity contribution in [2.24, 2.45) is 11.1 Å². The van der Waals surface area contributed by atoms with Crippen molar-refractivity contribution in [3.63, 3.8) is 0 Å². The smallest absolute Gasteiger partial charge is 0.314 e. The van der Waals surface area contributed by atoms with E-state index in [4.69, 9.17) is 10.2 Å². The predicted octanol–water partition coefficient (Wildman–Crippen LogP) is -0.925. The minimum atomic E-state index is -3.61. The van der Waals surface area contributed by atoms with Crippen LogP contribution in [0.4, 0.5) is 4.79 Å². The molecule has 18 heavy (non-hydrogen) atoms. The highest BCUT2D eigenvalue weighted by atomic mass is 32.2. The van der Waals surface area contributed by atoms with Gasteiger partial charge in [0.15, 0.2) is 0 Å². The second-order valence-electron chi connectivity index (χ2n) is 3.83. The zero-order valence-corrected chi connectivity index (χ0v) is 11.0. The second kappa shape index (κ2) is 7.88. The van der Waals surface area contributed by atoms with Crippen LogP contribution in [0.25, 0.3) is 0 Å². The third-order valence-corrected chi connectivity index (χ3v) is 2.94. The number of aliphatic carboxylic acids is 1. The summed E-state index contributed by atoms with van der Waals surface area (Å²) in [6, 6.07) is -0.610. The maximum absolute atomic E-state index is 11.2. The summed E-state index contributed by atoms with van der Waals surface area (Å²) in [7, 11) is -3.61. The number of sulfonamides is 1. The van der Waals surface area contributed by atoms with Crippen LogP contribution in [0.1, 0.15) is 19.8 Å². The van der Waals surface area contributed by atoms with E-state index in [9.17, 15) is 18.0 Å². The Morgan fingerprint density at radius 2 is 1.94 bits per heavy atom. The van der Waals surface area contributed by atoms with Crippen LogP contribution in [0.15, 0.2) is 0 Å². The van der Waals surface area contributed by atoms with E-state index in [0.29, 0.717) is 12.8 Å². The lowest BCUT2D eigenvalue weighted by Gasteiger charge is -2.12. The fraction of sp³-hybridized carbons (Fsp3) is 0.778.